The molecule has 1 unspecified atom stereocenters. The first-order valence-corrected chi connectivity index (χ1v) is 9.96. The van der Waals surface area contributed by atoms with E-state index in [0.717, 1.165) is 54.3 Å². The van der Waals surface area contributed by atoms with Crippen LogP contribution in [0.25, 0.3) is 10.9 Å². The Kier molecular flexibility index (Phi) is 5.38. The second-order valence-corrected chi connectivity index (χ2v) is 7.41. The van der Waals surface area contributed by atoms with E-state index >= 15 is 0 Å². The number of hydrogen-bond donors (Lipinski definition) is 0. The van der Waals surface area contributed by atoms with Crippen molar-refractivity contribution in [3.05, 3.63) is 76.7 Å². The molecule has 0 saturated carbocycles. The summed E-state index contributed by atoms with van der Waals surface area (Å²) in [6.45, 7) is 1.55. The number of pyridine rings is 1. The van der Waals surface area contributed by atoms with E-state index in [-0.39, 0.29) is 5.78 Å². The molecule has 1 aliphatic rings. The van der Waals surface area contributed by atoms with Gasteiger partial charge in [0.15, 0.2) is 6.10 Å². The second kappa shape index (κ2) is 8.11. The van der Waals surface area contributed by atoms with Crippen LogP contribution in [0.4, 0.5) is 4.39 Å². The Morgan fingerprint density at radius 2 is 1.72 bits per heavy atom. The molecular formula is C24H22FNO3. The van der Waals surface area contributed by atoms with Gasteiger partial charge in [-0.2, -0.15) is 0 Å². The lowest BCUT2D eigenvalue weighted by atomic mass is 9.97. The molecule has 3 aromatic rings. The number of halogens is 1. The minimum absolute atomic E-state index is 0.310. The molecule has 0 spiro atoms. The normalized spacial score (nSPS) is 14.7. The number of aryl methyl sites for hydroxylation is 1. The van der Waals surface area contributed by atoms with Crippen LogP contribution in [0, 0.1) is 5.82 Å². The number of nitrogens with zero attached hydrogens (tertiary/aromatic N) is 1. The van der Waals surface area contributed by atoms with E-state index < -0.39 is 17.9 Å². The van der Waals surface area contributed by atoms with E-state index in [0.29, 0.717) is 11.1 Å². The lowest BCUT2D eigenvalue weighted by Gasteiger charge is -2.17. The van der Waals surface area contributed by atoms with Crippen LogP contribution in [0.15, 0.2) is 48.5 Å². The van der Waals surface area contributed by atoms with Crippen LogP contribution in [0.1, 0.15) is 58.2 Å². The van der Waals surface area contributed by atoms with Gasteiger partial charge in [0.2, 0.25) is 5.78 Å². The van der Waals surface area contributed by atoms with Crippen LogP contribution in [0.5, 0.6) is 0 Å². The molecule has 0 bridgehead atoms. The predicted molar refractivity (Wildman–Crippen MR) is 109 cm³/mol. The molecule has 5 heteroatoms. The molecule has 0 amide bonds. The maximum absolute atomic E-state index is 13.2. The Bertz CT molecular complexity index is 1080. The van der Waals surface area contributed by atoms with Gasteiger partial charge in [0.05, 0.1) is 11.1 Å². The van der Waals surface area contributed by atoms with E-state index in [1.165, 1.54) is 24.3 Å². The lowest BCUT2D eigenvalue weighted by Crippen LogP contribution is -2.25. The van der Waals surface area contributed by atoms with Crippen molar-refractivity contribution in [2.24, 2.45) is 0 Å². The highest BCUT2D eigenvalue weighted by Gasteiger charge is 2.26. The van der Waals surface area contributed by atoms with Crippen molar-refractivity contribution in [1.29, 1.82) is 0 Å². The Balaban J connectivity index is 1.68. The number of rotatable bonds is 4. The van der Waals surface area contributed by atoms with Gasteiger partial charge in [0.25, 0.3) is 0 Å². The van der Waals surface area contributed by atoms with Gasteiger partial charge >= 0.3 is 5.97 Å². The number of Topliss-reactive ketones (excluding diaryl/α,β-unsaturated/α-hetero) is 1. The quantitative estimate of drug-likeness (QED) is 0.354. The van der Waals surface area contributed by atoms with Crippen molar-refractivity contribution in [1.82, 2.24) is 4.98 Å². The summed E-state index contributed by atoms with van der Waals surface area (Å²) >= 11 is 0. The molecule has 4 nitrogen and oxygen atoms in total. The average Bonchev–Trinajstić information content (AvgIpc) is 2.97. The Hall–Kier alpha value is -3.08. The van der Waals surface area contributed by atoms with Gasteiger partial charge in [0, 0.05) is 16.6 Å². The van der Waals surface area contributed by atoms with Gasteiger partial charge in [-0.05, 0) is 68.5 Å². The molecule has 4 rings (SSSR count). The second-order valence-electron chi connectivity index (χ2n) is 7.41. The Labute approximate surface area is 168 Å². The minimum Gasteiger partial charge on any atom is -0.451 e. The first kappa shape index (κ1) is 19.2. The number of benzene rings is 2. The number of ether oxygens (including phenoxy) is 1. The zero-order chi connectivity index (χ0) is 20.4. The van der Waals surface area contributed by atoms with Gasteiger partial charge in [0.1, 0.15) is 5.82 Å². The summed E-state index contributed by atoms with van der Waals surface area (Å²) in [5.74, 6) is -1.29. The molecule has 1 atom stereocenters. The summed E-state index contributed by atoms with van der Waals surface area (Å²) in [5, 5.41) is 0.750. The van der Waals surface area contributed by atoms with Crippen molar-refractivity contribution in [2.75, 3.05) is 0 Å². The highest BCUT2D eigenvalue weighted by molar-refractivity contribution is 6.07. The topological polar surface area (TPSA) is 56.3 Å². The number of carbonyl (C=O) groups excluding carboxylic acids is 2. The van der Waals surface area contributed by atoms with E-state index in [1.807, 2.05) is 24.3 Å². The molecular weight excluding hydrogens is 369 g/mol. The monoisotopic (exact) mass is 391 g/mol. The average molecular weight is 391 g/mol. The number of ketones is 1. The molecule has 1 aromatic heterocycles. The fourth-order valence-corrected chi connectivity index (χ4v) is 3.90. The lowest BCUT2D eigenvalue weighted by molar-refractivity contribution is 0.0319. The molecule has 1 heterocycles. The van der Waals surface area contributed by atoms with Crippen LogP contribution >= 0.6 is 0 Å². The highest BCUT2D eigenvalue weighted by Crippen LogP contribution is 2.29. The smallest absolute Gasteiger partial charge is 0.339 e. The zero-order valence-electron chi connectivity index (χ0n) is 16.3. The first-order valence-electron chi connectivity index (χ1n) is 9.96. The van der Waals surface area contributed by atoms with Crippen LogP contribution in [-0.4, -0.2) is 22.8 Å². The van der Waals surface area contributed by atoms with Crippen LogP contribution in [0.2, 0.25) is 0 Å². The predicted octanol–water partition coefficient (Wildman–Crippen LogP) is 5.07. The number of hydrogen-bond acceptors (Lipinski definition) is 4. The van der Waals surface area contributed by atoms with Crippen LogP contribution in [0.3, 0.4) is 0 Å². The number of esters is 1. The fraction of sp³-hybridized carbons (Fsp3) is 0.292. The van der Waals surface area contributed by atoms with Crippen molar-refractivity contribution in [2.45, 2.75) is 45.1 Å². The largest absolute Gasteiger partial charge is 0.451 e. The van der Waals surface area contributed by atoms with Crippen LogP contribution < -0.4 is 0 Å². The van der Waals surface area contributed by atoms with Crippen LogP contribution in [-0.2, 0) is 17.6 Å². The molecule has 29 heavy (non-hydrogen) atoms. The molecule has 0 saturated heterocycles. The molecule has 2 aromatic carbocycles. The summed E-state index contributed by atoms with van der Waals surface area (Å²) in [5.41, 5.74) is 3.48. The van der Waals surface area contributed by atoms with Gasteiger partial charge in [-0.15, -0.1) is 0 Å². The number of carbonyl (C=O) groups is 2. The summed E-state index contributed by atoms with van der Waals surface area (Å²) in [4.78, 5) is 30.6. The minimum atomic E-state index is -0.971. The third kappa shape index (κ3) is 3.90. The van der Waals surface area contributed by atoms with Gasteiger partial charge < -0.3 is 4.74 Å². The van der Waals surface area contributed by atoms with Crippen molar-refractivity contribution in [3.8, 4) is 0 Å². The summed E-state index contributed by atoms with van der Waals surface area (Å²) in [6.07, 6.45) is 3.79. The Morgan fingerprint density at radius 3 is 2.52 bits per heavy atom. The molecule has 148 valence electrons. The summed E-state index contributed by atoms with van der Waals surface area (Å²) in [7, 11) is 0. The zero-order valence-corrected chi connectivity index (χ0v) is 16.3. The third-order valence-electron chi connectivity index (χ3n) is 5.41. The SMILES string of the molecule is CC(OC(=O)c1c2c(nc3ccccc13)CCCCC2)C(=O)c1ccc(F)cc1. The van der Waals surface area contributed by atoms with Gasteiger partial charge in [-0.3, -0.25) is 9.78 Å². The maximum Gasteiger partial charge on any atom is 0.339 e. The molecule has 0 aliphatic heterocycles. The number of para-hydroxylation sites is 1. The van der Waals surface area contributed by atoms with E-state index in [1.54, 1.807) is 6.92 Å². The summed E-state index contributed by atoms with van der Waals surface area (Å²) in [6, 6.07) is 12.8. The van der Waals surface area contributed by atoms with Crippen molar-refractivity contribution < 1.29 is 18.7 Å². The van der Waals surface area contributed by atoms with E-state index in [2.05, 4.69) is 0 Å². The molecule has 0 fully saturated rings. The van der Waals surface area contributed by atoms with E-state index in [9.17, 15) is 14.0 Å². The third-order valence-corrected chi connectivity index (χ3v) is 5.41. The van der Waals surface area contributed by atoms with E-state index in [4.69, 9.17) is 9.72 Å². The fourth-order valence-electron chi connectivity index (χ4n) is 3.90. The first-order chi connectivity index (χ1) is 14.0. The number of fused-ring (bicyclic) bond motifs is 2. The van der Waals surface area contributed by atoms with Crippen molar-refractivity contribution in [3.63, 3.8) is 0 Å². The van der Waals surface area contributed by atoms with Crippen molar-refractivity contribution >= 4 is 22.7 Å². The number of aromatic nitrogens is 1. The Morgan fingerprint density at radius 1 is 1.00 bits per heavy atom. The maximum atomic E-state index is 13.2. The summed E-state index contributed by atoms with van der Waals surface area (Å²) < 4.78 is 18.7. The highest BCUT2D eigenvalue weighted by atomic mass is 19.1. The standard InChI is InChI=1S/C24H22FNO3/c1-15(23(27)16-11-13-17(25)14-12-16)29-24(28)22-18-7-3-2-4-9-20(18)26-21-10-6-5-8-19(21)22/h5-6,8,10-15H,2-4,7,9H2,1H3. The van der Waals surface area contributed by atoms with Gasteiger partial charge in [-0.25, -0.2) is 9.18 Å². The molecule has 0 radical (unpaired) electrons. The molecule has 1 aliphatic carbocycles. The molecule has 0 N–H and O–H groups in total. The van der Waals surface area contributed by atoms with Gasteiger partial charge in [-0.1, -0.05) is 24.6 Å².